The number of benzene rings is 1. The van der Waals surface area contributed by atoms with Crippen LogP contribution in [0.2, 0.25) is 0 Å². The lowest BCUT2D eigenvalue weighted by Gasteiger charge is -2.16. The standard InChI is InChI=1S/C14H20O2/c1-3-8-13(15)14(16-11-4-2)12-9-6-5-7-10-12/h5-7,9-10,14H,3-4,8,11H2,1-2H3. The van der Waals surface area contributed by atoms with Crippen molar-refractivity contribution in [1.82, 2.24) is 0 Å². The van der Waals surface area contributed by atoms with Crippen molar-refractivity contribution in [2.24, 2.45) is 0 Å². The van der Waals surface area contributed by atoms with Crippen molar-refractivity contribution in [3.63, 3.8) is 0 Å². The highest BCUT2D eigenvalue weighted by Gasteiger charge is 2.19. The molecule has 0 aliphatic heterocycles. The Morgan fingerprint density at radius 1 is 1.19 bits per heavy atom. The molecule has 0 saturated carbocycles. The van der Waals surface area contributed by atoms with E-state index in [1.807, 2.05) is 44.2 Å². The largest absolute Gasteiger partial charge is 0.366 e. The molecule has 0 saturated heterocycles. The first-order valence-electron chi connectivity index (χ1n) is 5.98. The van der Waals surface area contributed by atoms with Crippen molar-refractivity contribution in [3.05, 3.63) is 35.9 Å². The number of ether oxygens (including phenoxy) is 1. The topological polar surface area (TPSA) is 26.3 Å². The van der Waals surface area contributed by atoms with Crippen LogP contribution in [0.5, 0.6) is 0 Å². The first-order chi connectivity index (χ1) is 7.79. The maximum absolute atomic E-state index is 11.9. The first-order valence-corrected chi connectivity index (χ1v) is 5.98. The van der Waals surface area contributed by atoms with Crippen LogP contribution in [0.3, 0.4) is 0 Å². The number of hydrogen-bond donors (Lipinski definition) is 0. The molecule has 0 spiro atoms. The molecule has 0 radical (unpaired) electrons. The summed E-state index contributed by atoms with van der Waals surface area (Å²) in [6, 6.07) is 9.74. The number of Topliss-reactive ketones (excluding diaryl/α,β-unsaturated/α-hetero) is 1. The Balaban J connectivity index is 2.74. The van der Waals surface area contributed by atoms with Gasteiger partial charge < -0.3 is 4.74 Å². The van der Waals surface area contributed by atoms with E-state index in [1.54, 1.807) is 0 Å². The third-order valence-electron chi connectivity index (χ3n) is 2.38. The van der Waals surface area contributed by atoms with Gasteiger partial charge in [0.2, 0.25) is 0 Å². The summed E-state index contributed by atoms with van der Waals surface area (Å²) in [4.78, 5) is 11.9. The zero-order valence-corrected chi connectivity index (χ0v) is 10.1. The predicted octanol–water partition coefficient (Wildman–Crippen LogP) is 3.52. The zero-order chi connectivity index (χ0) is 11.8. The average molecular weight is 220 g/mol. The van der Waals surface area contributed by atoms with Gasteiger partial charge >= 0.3 is 0 Å². The molecule has 1 aromatic rings. The predicted molar refractivity (Wildman–Crippen MR) is 65.3 cm³/mol. The van der Waals surface area contributed by atoms with Crippen LogP contribution in [0.1, 0.15) is 44.8 Å². The highest BCUT2D eigenvalue weighted by Crippen LogP contribution is 2.20. The molecule has 0 N–H and O–H groups in total. The van der Waals surface area contributed by atoms with Crippen molar-refractivity contribution >= 4 is 5.78 Å². The molecule has 1 rings (SSSR count). The van der Waals surface area contributed by atoms with Gasteiger partial charge in [-0.2, -0.15) is 0 Å². The van der Waals surface area contributed by atoms with E-state index < -0.39 is 0 Å². The zero-order valence-electron chi connectivity index (χ0n) is 10.1. The van der Waals surface area contributed by atoms with Crippen LogP contribution in [-0.2, 0) is 9.53 Å². The Labute approximate surface area is 97.6 Å². The van der Waals surface area contributed by atoms with Crippen molar-refractivity contribution in [3.8, 4) is 0 Å². The minimum absolute atomic E-state index is 0.183. The van der Waals surface area contributed by atoms with E-state index in [-0.39, 0.29) is 11.9 Å². The van der Waals surface area contributed by atoms with E-state index >= 15 is 0 Å². The Morgan fingerprint density at radius 2 is 1.88 bits per heavy atom. The maximum Gasteiger partial charge on any atom is 0.166 e. The second-order valence-corrected chi connectivity index (χ2v) is 3.88. The highest BCUT2D eigenvalue weighted by molar-refractivity contribution is 5.84. The van der Waals surface area contributed by atoms with Crippen molar-refractivity contribution in [2.75, 3.05) is 6.61 Å². The maximum atomic E-state index is 11.9. The van der Waals surface area contributed by atoms with Crippen LogP contribution < -0.4 is 0 Å². The Bertz CT molecular complexity index is 306. The van der Waals surface area contributed by atoms with Crippen LogP contribution in [-0.4, -0.2) is 12.4 Å². The molecule has 2 nitrogen and oxygen atoms in total. The number of carbonyl (C=O) groups is 1. The molecule has 1 aromatic carbocycles. The van der Waals surface area contributed by atoms with Gasteiger partial charge in [0.1, 0.15) is 6.10 Å². The van der Waals surface area contributed by atoms with Gasteiger partial charge in [-0.05, 0) is 18.4 Å². The normalized spacial score (nSPS) is 12.4. The molecule has 0 aliphatic carbocycles. The minimum Gasteiger partial charge on any atom is -0.366 e. The fourth-order valence-corrected chi connectivity index (χ4v) is 1.62. The minimum atomic E-state index is -0.374. The summed E-state index contributed by atoms with van der Waals surface area (Å²) < 4.78 is 5.64. The smallest absolute Gasteiger partial charge is 0.166 e. The molecule has 0 heterocycles. The van der Waals surface area contributed by atoms with E-state index in [0.29, 0.717) is 13.0 Å². The van der Waals surface area contributed by atoms with Gasteiger partial charge in [0.15, 0.2) is 5.78 Å². The Kier molecular flexibility index (Phi) is 5.79. The van der Waals surface area contributed by atoms with Crippen molar-refractivity contribution < 1.29 is 9.53 Å². The fourth-order valence-electron chi connectivity index (χ4n) is 1.62. The van der Waals surface area contributed by atoms with Gasteiger partial charge in [-0.15, -0.1) is 0 Å². The second-order valence-electron chi connectivity index (χ2n) is 3.88. The quantitative estimate of drug-likeness (QED) is 0.702. The fraction of sp³-hybridized carbons (Fsp3) is 0.500. The van der Waals surface area contributed by atoms with Gasteiger partial charge in [-0.25, -0.2) is 0 Å². The summed E-state index contributed by atoms with van der Waals surface area (Å²) in [7, 11) is 0. The molecule has 88 valence electrons. The van der Waals surface area contributed by atoms with Crippen LogP contribution in [0.4, 0.5) is 0 Å². The lowest BCUT2D eigenvalue weighted by molar-refractivity contribution is -0.131. The van der Waals surface area contributed by atoms with Crippen LogP contribution >= 0.6 is 0 Å². The third kappa shape index (κ3) is 3.78. The van der Waals surface area contributed by atoms with Gasteiger partial charge in [-0.3, -0.25) is 4.79 Å². The van der Waals surface area contributed by atoms with E-state index in [2.05, 4.69) is 0 Å². The molecule has 0 bridgehead atoms. The van der Waals surface area contributed by atoms with Gasteiger partial charge in [0.05, 0.1) is 0 Å². The summed E-state index contributed by atoms with van der Waals surface area (Å²) in [6.45, 7) is 4.70. The monoisotopic (exact) mass is 220 g/mol. The lowest BCUT2D eigenvalue weighted by atomic mass is 10.0. The molecule has 0 amide bonds. The van der Waals surface area contributed by atoms with E-state index in [4.69, 9.17) is 4.74 Å². The van der Waals surface area contributed by atoms with E-state index in [1.165, 1.54) is 0 Å². The average Bonchev–Trinajstić information content (AvgIpc) is 2.31. The van der Waals surface area contributed by atoms with Crippen LogP contribution in [0.25, 0.3) is 0 Å². The number of ketones is 1. The number of rotatable bonds is 7. The van der Waals surface area contributed by atoms with Crippen LogP contribution in [0.15, 0.2) is 30.3 Å². The molecule has 0 aliphatic rings. The SMILES string of the molecule is CCCOC(C(=O)CCC)c1ccccc1. The molecule has 16 heavy (non-hydrogen) atoms. The van der Waals surface area contributed by atoms with Crippen molar-refractivity contribution in [1.29, 1.82) is 0 Å². The third-order valence-corrected chi connectivity index (χ3v) is 2.38. The molecule has 0 fully saturated rings. The van der Waals surface area contributed by atoms with E-state index in [9.17, 15) is 4.79 Å². The molecule has 1 atom stereocenters. The van der Waals surface area contributed by atoms with E-state index in [0.717, 1.165) is 18.4 Å². The Morgan fingerprint density at radius 3 is 2.44 bits per heavy atom. The van der Waals surface area contributed by atoms with Gasteiger partial charge in [-0.1, -0.05) is 44.2 Å². The van der Waals surface area contributed by atoms with Crippen LogP contribution in [0, 0.1) is 0 Å². The molecular weight excluding hydrogens is 200 g/mol. The second kappa shape index (κ2) is 7.18. The van der Waals surface area contributed by atoms with Gasteiger partial charge in [0.25, 0.3) is 0 Å². The molecule has 2 heteroatoms. The van der Waals surface area contributed by atoms with Crippen molar-refractivity contribution in [2.45, 2.75) is 39.2 Å². The lowest BCUT2D eigenvalue weighted by Crippen LogP contribution is -2.16. The number of carbonyl (C=O) groups excluding carboxylic acids is 1. The summed E-state index contributed by atoms with van der Waals surface area (Å²) in [5.74, 6) is 0.183. The summed E-state index contributed by atoms with van der Waals surface area (Å²) in [6.07, 6.45) is 2.02. The molecule has 1 unspecified atom stereocenters. The van der Waals surface area contributed by atoms with Gasteiger partial charge in [0, 0.05) is 13.0 Å². The highest BCUT2D eigenvalue weighted by atomic mass is 16.5. The summed E-state index contributed by atoms with van der Waals surface area (Å²) in [5.41, 5.74) is 0.967. The number of hydrogen-bond acceptors (Lipinski definition) is 2. The first kappa shape index (κ1) is 12.9. The summed E-state index contributed by atoms with van der Waals surface area (Å²) >= 11 is 0. The molecular formula is C14H20O2. The summed E-state index contributed by atoms with van der Waals surface area (Å²) in [5, 5.41) is 0. The Hall–Kier alpha value is -1.15. The molecule has 0 aromatic heterocycles.